The minimum atomic E-state index is -0.708. The zero-order chi connectivity index (χ0) is 10.8. The van der Waals surface area contributed by atoms with Gasteiger partial charge in [-0.3, -0.25) is 4.79 Å². The van der Waals surface area contributed by atoms with Gasteiger partial charge in [-0.1, -0.05) is 0 Å². The molecular formula is C9H7FN4O. The lowest BCUT2D eigenvalue weighted by molar-refractivity contribution is 0.0999. The zero-order valence-corrected chi connectivity index (χ0v) is 7.59. The zero-order valence-electron chi connectivity index (χ0n) is 7.59. The molecule has 2 aromatic rings. The first-order valence-corrected chi connectivity index (χ1v) is 4.13. The number of carbonyl (C=O) groups excluding carboxylic acids is 1. The van der Waals surface area contributed by atoms with Gasteiger partial charge in [0.2, 0.25) is 0 Å². The van der Waals surface area contributed by atoms with Crippen LogP contribution in [-0.4, -0.2) is 20.7 Å². The van der Waals surface area contributed by atoms with Gasteiger partial charge in [-0.15, -0.1) is 0 Å². The summed E-state index contributed by atoms with van der Waals surface area (Å²) in [5, 5.41) is 3.83. The van der Waals surface area contributed by atoms with E-state index in [0.29, 0.717) is 5.69 Å². The number of benzene rings is 1. The summed E-state index contributed by atoms with van der Waals surface area (Å²) in [4.78, 5) is 14.8. The summed E-state index contributed by atoms with van der Waals surface area (Å²) in [6, 6.07) is 3.72. The molecule has 0 aliphatic heterocycles. The van der Waals surface area contributed by atoms with Crippen LogP contribution in [0.3, 0.4) is 0 Å². The van der Waals surface area contributed by atoms with Crippen molar-refractivity contribution >= 4 is 5.91 Å². The Morgan fingerprint density at radius 2 is 2.27 bits per heavy atom. The Morgan fingerprint density at radius 3 is 2.87 bits per heavy atom. The summed E-state index contributed by atoms with van der Waals surface area (Å²) >= 11 is 0. The molecule has 76 valence electrons. The van der Waals surface area contributed by atoms with Crippen LogP contribution < -0.4 is 5.73 Å². The molecule has 0 radical (unpaired) electrons. The van der Waals surface area contributed by atoms with E-state index in [9.17, 15) is 9.18 Å². The Labute approximate surface area is 84.3 Å². The summed E-state index contributed by atoms with van der Waals surface area (Å²) < 4.78 is 14.2. The number of halogens is 1. The van der Waals surface area contributed by atoms with E-state index in [4.69, 9.17) is 5.73 Å². The number of nitrogens with zero attached hydrogens (tertiary/aromatic N) is 3. The first-order valence-electron chi connectivity index (χ1n) is 4.13. The third-order valence-electron chi connectivity index (χ3n) is 1.89. The summed E-state index contributed by atoms with van der Waals surface area (Å²) in [5.74, 6) is -1.23. The maximum atomic E-state index is 12.9. The predicted molar refractivity (Wildman–Crippen MR) is 49.8 cm³/mol. The van der Waals surface area contributed by atoms with Gasteiger partial charge in [-0.2, -0.15) is 5.10 Å². The topological polar surface area (TPSA) is 73.8 Å². The molecule has 2 N–H and O–H groups in total. The van der Waals surface area contributed by atoms with E-state index >= 15 is 0 Å². The fourth-order valence-electron chi connectivity index (χ4n) is 1.24. The van der Waals surface area contributed by atoms with E-state index in [2.05, 4.69) is 10.1 Å². The number of aromatic nitrogens is 3. The average molecular weight is 206 g/mol. The van der Waals surface area contributed by atoms with Crippen LogP contribution in [-0.2, 0) is 0 Å². The Morgan fingerprint density at radius 1 is 1.47 bits per heavy atom. The molecular weight excluding hydrogens is 199 g/mol. The third-order valence-corrected chi connectivity index (χ3v) is 1.89. The van der Waals surface area contributed by atoms with Gasteiger partial charge in [-0.05, 0) is 18.2 Å². The average Bonchev–Trinajstić information content (AvgIpc) is 2.70. The Balaban J connectivity index is 2.61. The van der Waals surface area contributed by atoms with Crippen molar-refractivity contribution in [2.75, 3.05) is 0 Å². The van der Waals surface area contributed by atoms with Crippen molar-refractivity contribution in [1.82, 2.24) is 14.8 Å². The van der Waals surface area contributed by atoms with Crippen LogP contribution in [0.4, 0.5) is 4.39 Å². The molecule has 1 aromatic carbocycles. The monoisotopic (exact) mass is 206 g/mol. The van der Waals surface area contributed by atoms with Gasteiger partial charge >= 0.3 is 0 Å². The van der Waals surface area contributed by atoms with E-state index in [1.165, 1.54) is 29.5 Å². The molecule has 0 bridgehead atoms. The fourth-order valence-corrected chi connectivity index (χ4v) is 1.24. The van der Waals surface area contributed by atoms with Crippen LogP contribution in [0.15, 0.2) is 30.9 Å². The quantitative estimate of drug-likeness (QED) is 0.777. The number of primary amides is 1. The van der Waals surface area contributed by atoms with E-state index < -0.39 is 11.7 Å². The molecule has 0 aliphatic carbocycles. The van der Waals surface area contributed by atoms with Gasteiger partial charge in [-0.25, -0.2) is 14.1 Å². The molecule has 5 nitrogen and oxygen atoms in total. The summed E-state index contributed by atoms with van der Waals surface area (Å²) in [5.41, 5.74) is 5.60. The lowest BCUT2D eigenvalue weighted by Crippen LogP contribution is -2.15. The summed E-state index contributed by atoms with van der Waals surface area (Å²) in [6.45, 7) is 0. The van der Waals surface area contributed by atoms with Crippen LogP contribution in [0.5, 0.6) is 0 Å². The van der Waals surface area contributed by atoms with Crippen molar-refractivity contribution in [3.05, 3.63) is 42.2 Å². The fraction of sp³-hybridized carbons (Fsp3) is 0. The van der Waals surface area contributed by atoms with Crippen LogP contribution in [0.2, 0.25) is 0 Å². The molecule has 2 rings (SSSR count). The van der Waals surface area contributed by atoms with Crippen LogP contribution in [0, 0.1) is 5.82 Å². The SMILES string of the molecule is NC(=O)c1cc(F)ccc1-n1cncn1. The number of amides is 1. The van der Waals surface area contributed by atoms with Crippen molar-refractivity contribution in [1.29, 1.82) is 0 Å². The van der Waals surface area contributed by atoms with Gasteiger partial charge in [0, 0.05) is 0 Å². The van der Waals surface area contributed by atoms with E-state index in [-0.39, 0.29) is 5.56 Å². The standard InChI is InChI=1S/C9H7FN4O/c10-6-1-2-8(7(3-6)9(11)15)14-5-12-4-13-14/h1-5H,(H2,11,15). The molecule has 1 amide bonds. The molecule has 1 heterocycles. The first kappa shape index (κ1) is 9.32. The van der Waals surface area contributed by atoms with Crippen molar-refractivity contribution in [2.24, 2.45) is 5.73 Å². The maximum Gasteiger partial charge on any atom is 0.251 e. The highest BCUT2D eigenvalue weighted by atomic mass is 19.1. The highest BCUT2D eigenvalue weighted by molar-refractivity contribution is 5.96. The normalized spacial score (nSPS) is 10.2. The van der Waals surface area contributed by atoms with E-state index in [0.717, 1.165) is 6.07 Å². The second-order valence-electron chi connectivity index (χ2n) is 2.87. The Hall–Kier alpha value is -2.24. The number of carbonyl (C=O) groups is 1. The molecule has 0 atom stereocenters. The number of nitrogens with two attached hydrogens (primary N) is 1. The van der Waals surface area contributed by atoms with Gasteiger partial charge in [0.1, 0.15) is 18.5 Å². The lowest BCUT2D eigenvalue weighted by Gasteiger charge is -2.05. The predicted octanol–water partition coefficient (Wildman–Crippen LogP) is 0.505. The molecule has 0 fully saturated rings. The van der Waals surface area contributed by atoms with Crippen molar-refractivity contribution in [3.8, 4) is 5.69 Å². The van der Waals surface area contributed by atoms with Gasteiger partial charge < -0.3 is 5.73 Å². The largest absolute Gasteiger partial charge is 0.366 e. The lowest BCUT2D eigenvalue weighted by atomic mass is 10.1. The maximum absolute atomic E-state index is 12.9. The highest BCUT2D eigenvalue weighted by Gasteiger charge is 2.11. The van der Waals surface area contributed by atoms with Crippen molar-refractivity contribution in [3.63, 3.8) is 0 Å². The molecule has 0 saturated heterocycles. The van der Waals surface area contributed by atoms with Crippen molar-refractivity contribution < 1.29 is 9.18 Å². The van der Waals surface area contributed by atoms with Crippen LogP contribution >= 0.6 is 0 Å². The van der Waals surface area contributed by atoms with Gasteiger partial charge in [0.15, 0.2) is 0 Å². The van der Waals surface area contributed by atoms with Crippen LogP contribution in [0.1, 0.15) is 10.4 Å². The molecule has 6 heteroatoms. The summed E-state index contributed by atoms with van der Waals surface area (Å²) in [7, 11) is 0. The molecule has 0 saturated carbocycles. The minimum absolute atomic E-state index is 0.0699. The number of hydrogen-bond acceptors (Lipinski definition) is 3. The van der Waals surface area contributed by atoms with E-state index in [1.54, 1.807) is 0 Å². The highest BCUT2D eigenvalue weighted by Crippen LogP contribution is 2.14. The first-order chi connectivity index (χ1) is 7.18. The molecule has 0 unspecified atom stereocenters. The third kappa shape index (κ3) is 1.69. The summed E-state index contributed by atoms with van der Waals surface area (Å²) in [6.07, 6.45) is 2.72. The van der Waals surface area contributed by atoms with Gasteiger partial charge in [0.25, 0.3) is 5.91 Å². The molecule has 0 spiro atoms. The Bertz CT molecular complexity index is 495. The smallest absolute Gasteiger partial charge is 0.251 e. The Kier molecular flexibility index (Phi) is 2.17. The number of rotatable bonds is 2. The second-order valence-corrected chi connectivity index (χ2v) is 2.87. The second kappa shape index (κ2) is 3.49. The molecule has 0 aliphatic rings. The molecule has 15 heavy (non-hydrogen) atoms. The van der Waals surface area contributed by atoms with Crippen molar-refractivity contribution in [2.45, 2.75) is 0 Å². The van der Waals surface area contributed by atoms with Gasteiger partial charge in [0.05, 0.1) is 11.3 Å². The molecule has 1 aromatic heterocycles. The number of hydrogen-bond donors (Lipinski definition) is 1. The van der Waals surface area contributed by atoms with E-state index in [1.807, 2.05) is 0 Å². The van der Waals surface area contributed by atoms with Crippen LogP contribution in [0.25, 0.3) is 5.69 Å². The minimum Gasteiger partial charge on any atom is -0.366 e.